The van der Waals surface area contributed by atoms with Crippen LogP contribution in [0.15, 0.2) is 42.5 Å². The minimum Gasteiger partial charge on any atom is -0.497 e. The van der Waals surface area contributed by atoms with Crippen LogP contribution >= 0.6 is 0 Å². The van der Waals surface area contributed by atoms with Crippen molar-refractivity contribution in [2.45, 2.75) is 19.0 Å². The summed E-state index contributed by atoms with van der Waals surface area (Å²) in [5, 5.41) is 0. The maximum Gasteiger partial charge on any atom is 0.261 e. The second-order valence-corrected chi connectivity index (χ2v) is 6.82. The van der Waals surface area contributed by atoms with Crippen LogP contribution < -0.4 is 9.47 Å². The Kier molecular flexibility index (Phi) is 4.50. The summed E-state index contributed by atoms with van der Waals surface area (Å²) in [5.41, 5.74) is 1.67. The lowest BCUT2D eigenvalue weighted by Crippen LogP contribution is -2.57. The fourth-order valence-corrected chi connectivity index (χ4v) is 3.68. The number of nitrogens with zero attached hydrogens (tertiary/aromatic N) is 2. The molecule has 1 atom stereocenters. The van der Waals surface area contributed by atoms with Crippen LogP contribution in [-0.4, -0.2) is 54.3 Å². The molecule has 1 saturated heterocycles. The Bertz CT molecular complexity index is 936. The van der Waals surface area contributed by atoms with E-state index in [1.54, 1.807) is 55.5 Å². The number of ether oxygens (including phenoxy) is 2. The number of fused-ring (bicyclic) bond motifs is 1. The number of hydrogen-bond donors (Lipinski definition) is 0. The summed E-state index contributed by atoms with van der Waals surface area (Å²) in [6, 6.07) is 12.0. The van der Waals surface area contributed by atoms with Gasteiger partial charge < -0.3 is 14.4 Å². The molecular formula is C21H20N2O5. The molecule has 0 saturated carbocycles. The molecule has 0 radical (unpaired) electrons. The molecule has 2 aliphatic rings. The number of likely N-dealkylation sites (tertiary alicyclic amines) is 1. The number of β-lactam (4-membered cyclic amide) rings is 1. The van der Waals surface area contributed by atoms with Crippen LogP contribution in [0.3, 0.4) is 0 Å². The predicted molar refractivity (Wildman–Crippen MR) is 100 cm³/mol. The van der Waals surface area contributed by atoms with Gasteiger partial charge in [0.1, 0.15) is 11.5 Å². The van der Waals surface area contributed by atoms with E-state index in [0.717, 1.165) is 5.56 Å². The van der Waals surface area contributed by atoms with Gasteiger partial charge in [0.2, 0.25) is 5.91 Å². The van der Waals surface area contributed by atoms with Gasteiger partial charge in [-0.3, -0.25) is 19.3 Å². The lowest BCUT2D eigenvalue weighted by Gasteiger charge is -2.42. The largest absolute Gasteiger partial charge is 0.497 e. The smallest absolute Gasteiger partial charge is 0.261 e. The van der Waals surface area contributed by atoms with Gasteiger partial charge in [-0.05, 0) is 24.3 Å². The molecular weight excluding hydrogens is 360 g/mol. The molecule has 2 aliphatic heterocycles. The molecule has 4 rings (SSSR count). The summed E-state index contributed by atoms with van der Waals surface area (Å²) < 4.78 is 10.6. The molecule has 7 heteroatoms. The second-order valence-electron chi connectivity index (χ2n) is 6.82. The third-order valence-corrected chi connectivity index (χ3v) is 5.28. The van der Waals surface area contributed by atoms with E-state index in [-0.39, 0.29) is 30.3 Å². The van der Waals surface area contributed by atoms with E-state index in [9.17, 15) is 14.4 Å². The minimum atomic E-state index is -0.304. The summed E-state index contributed by atoms with van der Waals surface area (Å²) >= 11 is 0. The number of methoxy groups -OCH3 is 2. The van der Waals surface area contributed by atoms with Gasteiger partial charge in [0.15, 0.2) is 0 Å². The average Bonchev–Trinajstić information content (AvgIpc) is 2.96. The summed E-state index contributed by atoms with van der Waals surface area (Å²) in [7, 11) is 3.14. The van der Waals surface area contributed by atoms with E-state index in [0.29, 0.717) is 35.6 Å². The van der Waals surface area contributed by atoms with Crippen LogP contribution in [0, 0.1) is 0 Å². The summed E-state index contributed by atoms with van der Waals surface area (Å²) in [6.45, 7) is 0.538. The van der Waals surface area contributed by atoms with Crippen molar-refractivity contribution < 1.29 is 23.9 Å². The topological polar surface area (TPSA) is 76.2 Å². The normalized spacial score (nSPS) is 18.2. The molecule has 0 aromatic heterocycles. The average molecular weight is 380 g/mol. The van der Waals surface area contributed by atoms with Crippen molar-refractivity contribution in [2.24, 2.45) is 0 Å². The first-order valence-corrected chi connectivity index (χ1v) is 8.99. The Morgan fingerprint density at radius 3 is 2.21 bits per heavy atom. The molecule has 28 heavy (non-hydrogen) atoms. The van der Waals surface area contributed by atoms with Crippen LogP contribution in [0.5, 0.6) is 11.5 Å². The molecule has 2 heterocycles. The van der Waals surface area contributed by atoms with Crippen molar-refractivity contribution >= 4 is 17.7 Å². The number of amides is 3. The Morgan fingerprint density at radius 2 is 1.64 bits per heavy atom. The van der Waals surface area contributed by atoms with Crippen LogP contribution in [0.25, 0.3) is 0 Å². The minimum absolute atomic E-state index is 0.0144. The Morgan fingerprint density at radius 1 is 0.964 bits per heavy atom. The van der Waals surface area contributed by atoms with Gasteiger partial charge in [-0.1, -0.05) is 12.1 Å². The van der Waals surface area contributed by atoms with Crippen molar-refractivity contribution in [2.75, 3.05) is 20.8 Å². The van der Waals surface area contributed by atoms with Crippen molar-refractivity contribution in [3.8, 4) is 11.5 Å². The van der Waals surface area contributed by atoms with E-state index in [4.69, 9.17) is 9.47 Å². The van der Waals surface area contributed by atoms with E-state index in [1.807, 2.05) is 6.07 Å². The summed E-state index contributed by atoms with van der Waals surface area (Å²) in [5.74, 6) is 0.667. The van der Waals surface area contributed by atoms with Crippen molar-refractivity contribution in [3.05, 3.63) is 59.2 Å². The molecule has 1 unspecified atom stereocenters. The van der Waals surface area contributed by atoms with Crippen LogP contribution in [0.4, 0.5) is 0 Å². The monoisotopic (exact) mass is 380 g/mol. The highest BCUT2D eigenvalue weighted by Gasteiger charge is 2.43. The summed E-state index contributed by atoms with van der Waals surface area (Å²) in [6.07, 6.45) is 0.311. The number of benzene rings is 2. The lowest BCUT2D eigenvalue weighted by atomic mass is 9.99. The van der Waals surface area contributed by atoms with Crippen LogP contribution in [0.1, 0.15) is 32.7 Å². The molecule has 2 aromatic carbocycles. The van der Waals surface area contributed by atoms with Crippen molar-refractivity contribution in [1.82, 2.24) is 9.80 Å². The fraction of sp³-hybridized carbons (Fsp3) is 0.286. The molecule has 0 bridgehead atoms. The zero-order valence-corrected chi connectivity index (χ0v) is 15.7. The molecule has 0 spiro atoms. The molecule has 7 nitrogen and oxygen atoms in total. The van der Waals surface area contributed by atoms with Gasteiger partial charge >= 0.3 is 0 Å². The van der Waals surface area contributed by atoms with E-state index in [1.165, 1.54) is 4.90 Å². The fourth-order valence-electron chi connectivity index (χ4n) is 3.68. The molecule has 1 fully saturated rings. The number of carbonyl (C=O) groups excluding carboxylic acids is 3. The number of imide groups is 1. The van der Waals surface area contributed by atoms with Crippen LogP contribution in [-0.2, 0) is 11.3 Å². The van der Waals surface area contributed by atoms with E-state index in [2.05, 4.69) is 0 Å². The molecule has 0 N–H and O–H groups in total. The highest BCUT2D eigenvalue weighted by atomic mass is 16.5. The van der Waals surface area contributed by atoms with Gasteiger partial charge in [-0.2, -0.15) is 0 Å². The highest BCUT2D eigenvalue weighted by molar-refractivity contribution is 6.21. The summed E-state index contributed by atoms with van der Waals surface area (Å²) in [4.78, 5) is 40.2. The quantitative estimate of drug-likeness (QED) is 0.567. The zero-order valence-electron chi connectivity index (χ0n) is 15.7. The van der Waals surface area contributed by atoms with Gasteiger partial charge in [-0.25, -0.2) is 0 Å². The Labute approximate surface area is 162 Å². The van der Waals surface area contributed by atoms with E-state index < -0.39 is 0 Å². The first-order chi connectivity index (χ1) is 13.5. The molecule has 0 aliphatic carbocycles. The van der Waals surface area contributed by atoms with Crippen molar-refractivity contribution in [3.63, 3.8) is 0 Å². The third kappa shape index (κ3) is 2.89. The first-order valence-electron chi connectivity index (χ1n) is 8.99. The van der Waals surface area contributed by atoms with Crippen LogP contribution in [0.2, 0.25) is 0 Å². The van der Waals surface area contributed by atoms with Gasteiger partial charge in [0.05, 0.1) is 37.9 Å². The lowest BCUT2D eigenvalue weighted by molar-refractivity contribution is -0.147. The van der Waals surface area contributed by atoms with Gasteiger partial charge in [-0.15, -0.1) is 0 Å². The second kappa shape index (κ2) is 6.99. The predicted octanol–water partition coefficient (Wildman–Crippen LogP) is 2.10. The molecule has 144 valence electrons. The highest BCUT2D eigenvalue weighted by Crippen LogP contribution is 2.31. The number of hydrogen-bond acceptors (Lipinski definition) is 5. The van der Waals surface area contributed by atoms with Gasteiger partial charge in [0.25, 0.3) is 11.8 Å². The maximum absolute atomic E-state index is 12.6. The Hall–Kier alpha value is -3.35. The molecule has 2 aromatic rings. The number of carbonyl (C=O) groups is 3. The third-order valence-electron chi connectivity index (χ3n) is 5.28. The van der Waals surface area contributed by atoms with Gasteiger partial charge in [0, 0.05) is 24.6 Å². The van der Waals surface area contributed by atoms with E-state index >= 15 is 0 Å². The number of rotatable bonds is 6. The zero-order chi connectivity index (χ0) is 19.8. The SMILES string of the molecule is COc1ccc(CN2C(=O)CC2CN2C(=O)c3ccccc3C2=O)c(OC)c1. The Balaban J connectivity index is 1.50. The first kappa shape index (κ1) is 18.0. The molecule has 3 amide bonds. The standard InChI is InChI=1S/C21H20N2O5/c1-27-15-8-7-13(18(10-15)28-2)11-22-14(9-19(22)24)12-23-20(25)16-5-3-4-6-17(16)21(23)26/h3-8,10,14H,9,11-12H2,1-2H3. The maximum atomic E-state index is 12.6. The van der Waals surface area contributed by atoms with Crippen molar-refractivity contribution in [1.29, 1.82) is 0 Å².